The zero-order valence-electron chi connectivity index (χ0n) is 10.2. The van der Waals surface area contributed by atoms with Crippen molar-refractivity contribution in [2.75, 3.05) is 19.7 Å². The summed E-state index contributed by atoms with van der Waals surface area (Å²) in [6.07, 6.45) is 1.09. The minimum absolute atomic E-state index is 0.203. The third kappa shape index (κ3) is 3.30. The van der Waals surface area contributed by atoms with Crippen molar-refractivity contribution in [2.24, 2.45) is 7.05 Å². The fourth-order valence-electron chi connectivity index (χ4n) is 1.79. The van der Waals surface area contributed by atoms with Gasteiger partial charge in [-0.05, 0) is 35.8 Å². The van der Waals surface area contributed by atoms with E-state index in [1.807, 2.05) is 18.7 Å². The Morgan fingerprint density at radius 2 is 2.12 bits per heavy atom. The second kappa shape index (κ2) is 6.37. The van der Waals surface area contributed by atoms with Gasteiger partial charge < -0.3 is 5.11 Å². The van der Waals surface area contributed by atoms with Crippen LogP contribution in [0, 0.1) is 6.92 Å². The monoisotopic (exact) mass is 289 g/mol. The van der Waals surface area contributed by atoms with E-state index in [2.05, 4.69) is 32.9 Å². The fraction of sp³-hybridized carbons (Fsp3) is 0.727. The molecular weight excluding hydrogens is 270 g/mol. The van der Waals surface area contributed by atoms with Crippen LogP contribution in [0.15, 0.2) is 4.47 Å². The van der Waals surface area contributed by atoms with Gasteiger partial charge in [0.1, 0.15) is 0 Å². The second-order valence-corrected chi connectivity index (χ2v) is 4.76. The summed E-state index contributed by atoms with van der Waals surface area (Å²) in [5.74, 6) is 0. The van der Waals surface area contributed by atoms with Gasteiger partial charge >= 0.3 is 0 Å². The van der Waals surface area contributed by atoms with Crippen LogP contribution in [0.3, 0.4) is 0 Å². The van der Waals surface area contributed by atoms with Gasteiger partial charge in [-0.3, -0.25) is 9.58 Å². The molecule has 1 N–H and O–H groups in total. The van der Waals surface area contributed by atoms with E-state index in [-0.39, 0.29) is 6.61 Å². The third-order valence-corrected chi connectivity index (χ3v) is 3.62. The zero-order valence-corrected chi connectivity index (χ0v) is 11.8. The normalized spacial score (nSPS) is 11.4. The van der Waals surface area contributed by atoms with Gasteiger partial charge in [-0.1, -0.05) is 6.92 Å². The van der Waals surface area contributed by atoms with E-state index in [1.165, 1.54) is 5.69 Å². The SMILES string of the molecule is CCCN(CCO)Cc1c(Br)c(C)nn1C. The van der Waals surface area contributed by atoms with Gasteiger partial charge in [-0.15, -0.1) is 0 Å². The highest BCUT2D eigenvalue weighted by atomic mass is 79.9. The minimum atomic E-state index is 0.203. The summed E-state index contributed by atoms with van der Waals surface area (Å²) >= 11 is 3.56. The van der Waals surface area contributed by atoms with Crippen molar-refractivity contribution < 1.29 is 5.11 Å². The lowest BCUT2D eigenvalue weighted by atomic mass is 10.3. The van der Waals surface area contributed by atoms with Crippen LogP contribution >= 0.6 is 15.9 Å². The number of aliphatic hydroxyl groups excluding tert-OH is 1. The number of halogens is 1. The Morgan fingerprint density at radius 3 is 2.56 bits per heavy atom. The molecule has 5 heteroatoms. The highest BCUT2D eigenvalue weighted by Crippen LogP contribution is 2.21. The lowest BCUT2D eigenvalue weighted by molar-refractivity contribution is 0.187. The highest BCUT2D eigenvalue weighted by Gasteiger charge is 2.13. The quantitative estimate of drug-likeness (QED) is 0.867. The van der Waals surface area contributed by atoms with Crippen LogP contribution in [0.4, 0.5) is 0 Å². The van der Waals surface area contributed by atoms with Gasteiger partial charge in [0.2, 0.25) is 0 Å². The Kier molecular flexibility index (Phi) is 5.44. The maximum Gasteiger partial charge on any atom is 0.0739 e. The molecule has 0 unspecified atom stereocenters. The summed E-state index contributed by atoms with van der Waals surface area (Å²) in [5.41, 5.74) is 2.18. The van der Waals surface area contributed by atoms with E-state index in [1.54, 1.807) is 0 Å². The average Bonchev–Trinajstić information content (AvgIpc) is 2.46. The molecule has 4 nitrogen and oxygen atoms in total. The molecule has 0 aromatic carbocycles. The Hall–Kier alpha value is -0.390. The van der Waals surface area contributed by atoms with Crippen LogP contribution in [0.5, 0.6) is 0 Å². The predicted octanol–water partition coefficient (Wildman–Crippen LogP) is 1.70. The topological polar surface area (TPSA) is 41.3 Å². The summed E-state index contributed by atoms with van der Waals surface area (Å²) in [4.78, 5) is 2.24. The molecular formula is C11H20BrN3O. The number of aryl methyl sites for hydroxylation is 2. The standard InChI is InChI=1S/C11H20BrN3O/c1-4-5-15(6-7-16)8-10-11(12)9(2)13-14(10)3/h16H,4-8H2,1-3H3. The summed E-state index contributed by atoms with van der Waals surface area (Å²) < 4.78 is 2.98. The van der Waals surface area contributed by atoms with E-state index in [0.29, 0.717) is 6.54 Å². The molecule has 0 atom stereocenters. The van der Waals surface area contributed by atoms with Gasteiger partial charge in [0, 0.05) is 20.1 Å². The first kappa shape index (κ1) is 13.7. The number of aliphatic hydroxyl groups is 1. The Bertz CT molecular complexity index is 332. The first-order valence-electron chi connectivity index (χ1n) is 5.61. The molecule has 1 rings (SSSR count). The molecule has 92 valence electrons. The highest BCUT2D eigenvalue weighted by molar-refractivity contribution is 9.10. The molecule has 16 heavy (non-hydrogen) atoms. The van der Waals surface area contributed by atoms with Crippen molar-refractivity contribution in [2.45, 2.75) is 26.8 Å². The van der Waals surface area contributed by atoms with Crippen LogP contribution in [-0.2, 0) is 13.6 Å². The Labute approximate surface area is 105 Å². The molecule has 0 aliphatic rings. The fourth-order valence-corrected chi connectivity index (χ4v) is 2.25. The van der Waals surface area contributed by atoms with Crippen LogP contribution in [0.1, 0.15) is 24.7 Å². The van der Waals surface area contributed by atoms with E-state index >= 15 is 0 Å². The maximum absolute atomic E-state index is 9.01. The maximum atomic E-state index is 9.01. The molecule has 0 radical (unpaired) electrons. The van der Waals surface area contributed by atoms with Crippen LogP contribution in [-0.4, -0.2) is 39.5 Å². The summed E-state index contributed by atoms with van der Waals surface area (Å²) in [7, 11) is 1.95. The zero-order chi connectivity index (χ0) is 12.1. The number of aromatic nitrogens is 2. The average molecular weight is 290 g/mol. The summed E-state index contributed by atoms with van der Waals surface area (Å²) in [6.45, 7) is 6.88. The minimum Gasteiger partial charge on any atom is -0.395 e. The largest absolute Gasteiger partial charge is 0.395 e. The summed E-state index contributed by atoms with van der Waals surface area (Å²) in [6, 6.07) is 0. The molecule has 0 aliphatic carbocycles. The van der Waals surface area contributed by atoms with Crippen LogP contribution < -0.4 is 0 Å². The van der Waals surface area contributed by atoms with Crippen molar-refractivity contribution in [1.82, 2.24) is 14.7 Å². The Morgan fingerprint density at radius 1 is 1.44 bits per heavy atom. The van der Waals surface area contributed by atoms with Crippen molar-refractivity contribution in [1.29, 1.82) is 0 Å². The van der Waals surface area contributed by atoms with Crippen molar-refractivity contribution in [3.8, 4) is 0 Å². The molecule has 0 fully saturated rings. The van der Waals surface area contributed by atoms with E-state index in [4.69, 9.17) is 5.11 Å². The number of hydrogen-bond donors (Lipinski definition) is 1. The summed E-state index contributed by atoms with van der Waals surface area (Å²) in [5, 5.41) is 13.4. The van der Waals surface area contributed by atoms with Gasteiger partial charge in [0.25, 0.3) is 0 Å². The molecule has 0 saturated carbocycles. The van der Waals surface area contributed by atoms with Gasteiger partial charge in [-0.25, -0.2) is 0 Å². The number of hydrogen-bond acceptors (Lipinski definition) is 3. The molecule has 0 amide bonds. The Balaban J connectivity index is 2.76. The first-order chi connectivity index (χ1) is 7.60. The molecule has 0 bridgehead atoms. The third-order valence-electron chi connectivity index (χ3n) is 2.59. The van der Waals surface area contributed by atoms with Crippen LogP contribution in [0.25, 0.3) is 0 Å². The van der Waals surface area contributed by atoms with Gasteiger partial charge in [0.15, 0.2) is 0 Å². The predicted molar refractivity (Wildman–Crippen MR) is 68.3 cm³/mol. The van der Waals surface area contributed by atoms with Crippen LogP contribution in [0.2, 0.25) is 0 Å². The second-order valence-electron chi connectivity index (χ2n) is 3.97. The molecule has 1 aromatic heterocycles. The smallest absolute Gasteiger partial charge is 0.0739 e. The first-order valence-corrected chi connectivity index (χ1v) is 6.40. The van der Waals surface area contributed by atoms with Crippen molar-refractivity contribution >= 4 is 15.9 Å². The lowest BCUT2D eigenvalue weighted by Crippen LogP contribution is -2.28. The van der Waals surface area contributed by atoms with Gasteiger partial charge in [0.05, 0.1) is 22.5 Å². The lowest BCUT2D eigenvalue weighted by Gasteiger charge is -2.20. The van der Waals surface area contributed by atoms with E-state index < -0.39 is 0 Å². The molecule has 0 aliphatic heterocycles. The van der Waals surface area contributed by atoms with Gasteiger partial charge in [-0.2, -0.15) is 5.10 Å². The molecule has 0 spiro atoms. The molecule has 1 aromatic rings. The molecule has 1 heterocycles. The van der Waals surface area contributed by atoms with Crippen molar-refractivity contribution in [3.63, 3.8) is 0 Å². The molecule has 0 saturated heterocycles. The van der Waals surface area contributed by atoms with E-state index in [0.717, 1.165) is 29.7 Å². The van der Waals surface area contributed by atoms with E-state index in [9.17, 15) is 0 Å². The number of nitrogens with zero attached hydrogens (tertiary/aromatic N) is 3. The number of rotatable bonds is 6. The van der Waals surface area contributed by atoms with Crippen molar-refractivity contribution in [3.05, 3.63) is 15.9 Å².